The summed E-state index contributed by atoms with van der Waals surface area (Å²) in [7, 11) is 0. The van der Waals surface area contributed by atoms with Crippen LogP contribution in [0.4, 0.5) is 13.2 Å². The van der Waals surface area contributed by atoms with Crippen LogP contribution >= 0.6 is 0 Å². The molecule has 0 radical (unpaired) electrons. The first-order valence-corrected chi connectivity index (χ1v) is 2.13. The van der Waals surface area contributed by atoms with E-state index in [0.29, 0.717) is 0 Å². The molecule has 0 aliphatic rings. The normalized spacial score (nSPS) is 8.40. The van der Waals surface area contributed by atoms with Gasteiger partial charge in [0.2, 0.25) is 0 Å². The largest absolute Gasteiger partial charge is 2.00 e. The molecule has 0 rings (SSSR count). The van der Waals surface area contributed by atoms with E-state index in [2.05, 4.69) is 0 Å². The van der Waals surface area contributed by atoms with E-state index in [1.165, 1.54) is 6.92 Å². The topological polar surface area (TPSA) is 0 Å². The molecule has 0 aliphatic carbocycles. The second-order valence-electron chi connectivity index (χ2n) is 1.37. The Morgan fingerprint density at radius 2 is 1.40 bits per heavy atom. The molecule has 6 heteroatoms. The van der Waals surface area contributed by atoms with Crippen molar-refractivity contribution in [2.45, 2.75) is 25.9 Å². The van der Waals surface area contributed by atoms with Crippen molar-refractivity contribution in [3.05, 3.63) is 0 Å². The minimum Gasteiger partial charge on any atom is -1.00 e. The fourth-order valence-electron chi connectivity index (χ4n) is 0.283. The minimum atomic E-state index is -3.95. The predicted octanol–water partition coefficient (Wildman–Crippen LogP) is -4.02. The molecule has 0 saturated carbocycles. The van der Waals surface area contributed by atoms with Crippen LogP contribution < -0.4 is 34.0 Å². The smallest absolute Gasteiger partial charge is 1.00 e. The maximum absolute atomic E-state index is 11.1. The van der Waals surface area contributed by atoms with Gasteiger partial charge < -0.3 is 34.0 Å². The summed E-state index contributed by atoms with van der Waals surface area (Å²) in [5.74, 6) is 0. The monoisotopic (exact) mass is 294 g/mol. The zero-order valence-electron chi connectivity index (χ0n) is 5.51. The molecule has 0 heterocycles. The maximum Gasteiger partial charge on any atom is 2.00 e. The summed E-state index contributed by atoms with van der Waals surface area (Å²) in [6.07, 6.45) is -4.43. The molecule has 0 fully saturated rings. The van der Waals surface area contributed by atoms with Gasteiger partial charge in [-0.2, -0.15) is 13.2 Å². The molecule has 0 atom stereocenters. The first-order valence-electron chi connectivity index (χ1n) is 2.13. The first kappa shape index (κ1) is 22.5. The number of rotatable bonds is 1. The Morgan fingerprint density at radius 3 is 1.40 bits per heavy atom. The molecule has 0 spiro atoms. The van der Waals surface area contributed by atoms with Crippen LogP contribution in [0.5, 0.6) is 0 Å². The summed E-state index contributed by atoms with van der Waals surface area (Å²) in [5, 5.41) is 0. The summed E-state index contributed by atoms with van der Waals surface area (Å²) in [5.41, 5.74) is 0. The van der Waals surface area contributed by atoms with Crippen molar-refractivity contribution in [3.63, 3.8) is 0 Å². The van der Waals surface area contributed by atoms with Crippen LogP contribution in [-0.4, -0.2) is 29.2 Å². The van der Waals surface area contributed by atoms with Gasteiger partial charge >= 0.3 is 29.2 Å². The number of hydrogen-bond donors (Lipinski definition) is 0. The summed E-state index contributed by atoms with van der Waals surface area (Å²) >= 11 is 0. The van der Waals surface area contributed by atoms with Gasteiger partial charge in [0.05, 0.1) is 0 Å². The third-order valence-electron chi connectivity index (χ3n) is 0.533. The molecule has 0 nitrogen and oxygen atoms in total. The van der Waals surface area contributed by atoms with Gasteiger partial charge in [-0.1, -0.05) is 6.92 Å². The van der Waals surface area contributed by atoms with Crippen LogP contribution in [0.3, 0.4) is 0 Å². The molecule has 0 aliphatic heterocycles. The Kier molecular flexibility index (Phi) is 23.7. The van der Waals surface area contributed by atoms with E-state index in [-0.39, 0.29) is 63.4 Å². The molecule has 0 N–H and O–H groups in total. The van der Waals surface area contributed by atoms with Crippen molar-refractivity contribution in [2.75, 3.05) is 0 Å². The fraction of sp³-hybridized carbons (Fsp3) is 1.00. The van der Waals surface area contributed by atoms with Crippen molar-refractivity contribution in [1.82, 2.24) is 0 Å². The van der Waals surface area contributed by atoms with Crippen molar-refractivity contribution in [1.29, 1.82) is 0 Å². The van der Waals surface area contributed by atoms with E-state index >= 15 is 0 Å². The van der Waals surface area contributed by atoms with Crippen molar-refractivity contribution in [3.8, 4) is 0 Å². The molecule has 0 unspecified atom stereocenters. The van der Waals surface area contributed by atoms with Gasteiger partial charge in [0, 0.05) is 6.42 Å². The minimum absolute atomic E-state index is 0. The van der Waals surface area contributed by atoms with Crippen molar-refractivity contribution >= 4 is 23.1 Å². The fourth-order valence-corrected chi connectivity index (χ4v) is 0.283. The SMILES string of the molecule is CCCC(F)(F)F.[Br-].[Br-].[Mg+2]. The van der Waals surface area contributed by atoms with Gasteiger partial charge in [-0.25, -0.2) is 0 Å². The van der Waals surface area contributed by atoms with Crippen LogP contribution in [0, 0.1) is 0 Å². The molecular weight excluding hydrogens is 289 g/mol. The van der Waals surface area contributed by atoms with Gasteiger partial charge in [0.1, 0.15) is 0 Å². The first-order chi connectivity index (χ1) is 3.06. The second-order valence-corrected chi connectivity index (χ2v) is 1.37. The van der Waals surface area contributed by atoms with E-state index in [9.17, 15) is 13.2 Å². The molecule has 0 amide bonds. The van der Waals surface area contributed by atoms with Crippen LogP contribution in [0.2, 0.25) is 0 Å². The summed E-state index contributed by atoms with van der Waals surface area (Å²) in [6.45, 7) is 1.51. The van der Waals surface area contributed by atoms with Gasteiger partial charge in [0.25, 0.3) is 0 Å². The molecular formula is C4H7Br2F3Mg. The summed E-state index contributed by atoms with van der Waals surface area (Å²) in [6, 6.07) is 0. The molecule has 60 valence electrons. The van der Waals surface area contributed by atoms with Crippen molar-refractivity contribution < 1.29 is 47.1 Å². The van der Waals surface area contributed by atoms with E-state index < -0.39 is 12.6 Å². The number of hydrogen-bond acceptors (Lipinski definition) is 0. The Bertz CT molecular complexity index is 57.0. The Balaban J connectivity index is -0.0000000600. The Morgan fingerprint density at radius 1 is 1.10 bits per heavy atom. The van der Waals surface area contributed by atoms with Gasteiger partial charge in [0.15, 0.2) is 0 Å². The average Bonchev–Trinajstić information content (AvgIpc) is 1.30. The van der Waals surface area contributed by atoms with Crippen LogP contribution in [0.25, 0.3) is 0 Å². The molecule has 0 aromatic carbocycles. The van der Waals surface area contributed by atoms with Crippen LogP contribution in [0.1, 0.15) is 19.8 Å². The van der Waals surface area contributed by atoms with Crippen molar-refractivity contribution in [2.24, 2.45) is 0 Å². The van der Waals surface area contributed by atoms with E-state index in [1.54, 1.807) is 0 Å². The maximum atomic E-state index is 11.1. The number of halogens is 5. The van der Waals surface area contributed by atoms with E-state index in [0.717, 1.165) is 0 Å². The second kappa shape index (κ2) is 10.5. The zero-order chi connectivity index (χ0) is 5.91. The van der Waals surface area contributed by atoms with E-state index in [4.69, 9.17) is 0 Å². The Hall–Kier alpha value is 1.52. The quantitative estimate of drug-likeness (QED) is 0.433. The number of alkyl halides is 3. The molecule has 10 heavy (non-hydrogen) atoms. The molecule has 0 saturated heterocycles. The third-order valence-corrected chi connectivity index (χ3v) is 0.533. The van der Waals surface area contributed by atoms with Gasteiger partial charge in [-0.05, 0) is 6.42 Å². The van der Waals surface area contributed by atoms with Crippen LogP contribution in [0.15, 0.2) is 0 Å². The Labute approximate surface area is 95.6 Å². The summed E-state index contributed by atoms with van der Waals surface area (Å²) < 4.78 is 33.2. The van der Waals surface area contributed by atoms with Gasteiger partial charge in [-0.3, -0.25) is 0 Å². The molecule has 0 aromatic heterocycles. The predicted molar refractivity (Wildman–Crippen MR) is 26.7 cm³/mol. The molecule has 0 bridgehead atoms. The third kappa shape index (κ3) is 22.7. The standard InChI is InChI=1S/C4H7F3.2BrH.Mg/c1-2-3-4(5,6)7;;;/h2-3H2,1H3;2*1H;/q;;;+2/p-2. The van der Waals surface area contributed by atoms with Crippen LogP contribution in [-0.2, 0) is 0 Å². The molecule has 0 aromatic rings. The van der Waals surface area contributed by atoms with E-state index in [1.807, 2.05) is 0 Å². The average molecular weight is 296 g/mol. The zero-order valence-corrected chi connectivity index (χ0v) is 10.1. The van der Waals surface area contributed by atoms with Gasteiger partial charge in [-0.15, -0.1) is 0 Å². The summed E-state index contributed by atoms with van der Waals surface area (Å²) in [4.78, 5) is 0.